The molecular weight excluding hydrogens is 544 g/mol. The summed E-state index contributed by atoms with van der Waals surface area (Å²) in [5, 5.41) is 0. The Morgan fingerprint density at radius 1 is 0.156 bits per heavy atom. The van der Waals surface area contributed by atoms with Crippen LogP contribution in [0.2, 0.25) is 0 Å². The van der Waals surface area contributed by atoms with Gasteiger partial charge in [-0.25, -0.2) is 0 Å². The summed E-state index contributed by atoms with van der Waals surface area (Å²) in [6.07, 6.45) is 55.6. The number of hydrogen-bond donors (Lipinski definition) is 0. The summed E-state index contributed by atoms with van der Waals surface area (Å²) >= 11 is 0. The van der Waals surface area contributed by atoms with E-state index in [0.29, 0.717) is 0 Å². The Balaban J connectivity index is 1.29. The first kappa shape index (κ1) is 36.2. The van der Waals surface area contributed by atoms with Crippen LogP contribution in [-0.2, 0) is 0 Å². The highest BCUT2D eigenvalue weighted by Gasteiger charge is 2.36. The van der Waals surface area contributed by atoms with E-state index in [-0.39, 0.29) is 0 Å². The van der Waals surface area contributed by atoms with Gasteiger partial charge in [0, 0.05) is 36.3 Å². The lowest BCUT2D eigenvalue weighted by Crippen LogP contribution is -2.52. The number of nitrogens with zero attached hydrogens (tertiary/aromatic N) is 2. The Hall–Kier alpha value is -0.0800. The van der Waals surface area contributed by atoms with Crippen molar-refractivity contribution >= 4 is 0 Å². The van der Waals surface area contributed by atoms with Crippen molar-refractivity contribution in [3.63, 3.8) is 0 Å². The molecule has 0 heterocycles. The van der Waals surface area contributed by atoms with Crippen LogP contribution in [0.1, 0.15) is 238 Å². The van der Waals surface area contributed by atoms with E-state index in [1.54, 1.807) is 0 Å². The Morgan fingerprint density at radius 3 is 0.467 bits per heavy atom. The summed E-state index contributed by atoms with van der Waals surface area (Å²) in [7, 11) is 0. The van der Waals surface area contributed by atoms with E-state index in [4.69, 9.17) is 0 Å². The van der Waals surface area contributed by atoms with E-state index in [0.717, 1.165) is 36.3 Å². The van der Waals surface area contributed by atoms with Gasteiger partial charge in [-0.05, 0) is 77.0 Å². The van der Waals surface area contributed by atoms with Crippen molar-refractivity contribution in [2.24, 2.45) is 0 Å². The first-order valence-corrected chi connectivity index (χ1v) is 21.9. The standard InChI is InChI=1S/C43H80N2/c1-2-8-16-26-38(27-17-9-3-1)44(39-28-18-10-4-5-11-19-29-39)42-34-24-36-43(37-25-35-42)45(40-30-20-12-6-13-21-31-40)41-32-22-14-7-15-23-33-41/h38-43H,1-37H2. The maximum atomic E-state index is 3.31. The molecule has 0 bridgehead atoms. The van der Waals surface area contributed by atoms with E-state index in [2.05, 4.69) is 9.80 Å². The van der Waals surface area contributed by atoms with Crippen LogP contribution in [0.3, 0.4) is 0 Å². The maximum absolute atomic E-state index is 3.31. The van der Waals surface area contributed by atoms with Crippen LogP contribution in [0, 0.1) is 0 Å². The van der Waals surface area contributed by atoms with Gasteiger partial charge in [-0.2, -0.15) is 0 Å². The highest BCUT2D eigenvalue weighted by Crippen LogP contribution is 2.37. The van der Waals surface area contributed by atoms with Gasteiger partial charge >= 0.3 is 0 Å². The quantitative estimate of drug-likeness (QED) is 0.290. The zero-order chi connectivity index (χ0) is 30.8. The largest absolute Gasteiger partial charge is 0.294 e. The van der Waals surface area contributed by atoms with E-state index in [1.807, 2.05) is 0 Å². The highest BCUT2D eigenvalue weighted by molar-refractivity contribution is 4.92. The molecule has 5 fully saturated rings. The van der Waals surface area contributed by atoms with Gasteiger partial charge in [-0.15, -0.1) is 0 Å². The van der Waals surface area contributed by atoms with Gasteiger partial charge in [-0.3, -0.25) is 9.80 Å². The van der Waals surface area contributed by atoms with Gasteiger partial charge in [0.2, 0.25) is 0 Å². The minimum absolute atomic E-state index is 0.876. The predicted octanol–water partition coefficient (Wildman–Crippen LogP) is 13.3. The van der Waals surface area contributed by atoms with Gasteiger partial charge in [-0.1, -0.05) is 161 Å². The second-order valence-corrected chi connectivity index (χ2v) is 17.1. The molecular formula is C43H80N2. The Labute approximate surface area is 283 Å². The minimum Gasteiger partial charge on any atom is -0.294 e. The lowest BCUT2D eigenvalue weighted by Gasteiger charge is -2.48. The number of hydrogen-bond acceptors (Lipinski definition) is 2. The lowest BCUT2D eigenvalue weighted by atomic mass is 9.84. The molecule has 5 aliphatic carbocycles. The van der Waals surface area contributed by atoms with Crippen molar-refractivity contribution in [1.82, 2.24) is 9.80 Å². The van der Waals surface area contributed by atoms with Gasteiger partial charge in [0.05, 0.1) is 0 Å². The van der Waals surface area contributed by atoms with E-state index < -0.39 is 0 Å². The number of rotatable bonds is 6. The first-order chi connectivity index (χ1) is 22.4. The van der Waals surface area contributed by atoms with Crippen molar-refractivity contribution in [3.05, 3.63) is 0 Å². The summed E-state index contributed by atoms with van der Waals surface area (Å²) < 4.78 is 0. The molecule has 5 aliphatic rings. The van der Waals surface area contributed by atoms with Gasteiger partial charge < -0.3 is 0 Å². The first-order valence-electron chi connectivity index (χ1n) is 21.9. The second kappa shape index (κ2) is 21.8. The van der Waals surface area contributed by atoms with Gasteiger partial charge in [0.25, 0.3) is 0 Å². The average molecular weight is 625 g/mol. The van der Waals surface area contributed by atoms with E-state index >= 15 is 0 Å². The van der Waals surface area contributed by atoms with Gasteiger partial charge in [0.15, 0.2) is 0 Å². The fraction of sp³-hybridized carbons (Fsp3) is 1.00. The van der Waals surface area contributed by atoms with Crippen LogP contribution in [0.4, 0.5) is 0 Å². The molecule has 5 rings (SSSR count). The molecule has 0 aromatic heterocycles. The second-order valence-electron chi connectivity index (χ2n) is 17.1. The topological polar surface area (TPSA) is 6.48 Å². The third-order valence-electron chi connectivity index (χ3n) is 13.7. The molecule has 45 heavy (non-hydrogen) atoms. The summed E-state index contributed by atoms with van der Waals surface area (Å²) in [6, 6.07) is 5.32. The smallest absolute Gasteiger partial charge is 0.0101 e. The molecule has 0 aromatic carbocycles. The summed E-state index contributed by atoms with van der Waals surface area (Å²) in [6.45, 7) is 0. The molecule has 0 spiro atoms. The summed E-state index contributed by atoms with van der Waals surface area (Å²) in [5.74, 6) is 0. The SMILES string of the molecule is C1CCCCC(N(C2CCCCCCCC2)C2CCCC(N(C3CCCCCCC3)C3CCCCCCC3)CCC2)CCCC1. The molecule has 0 saturated heterocycles. The Bertz CT molecular complexity index is 667. The Morgan fingerprint density at radius 2 is 0.289 bits per heavy atom. The van der Waals surface area contributed by atoms with Gasteiger partial charge in [0.1, 0.15) is 0 Å². The van der Waals surface area contributed by atoms with Crippen LogP contribution in [-0.4, -0.2) is 46.1 Å². The monoisotopic (exact) mass is 625 g/mol. The lowest BCUT2D eigenvalue weighted by molar-refractivity contribution is 0.0148. The van der Waals surface area contributed by atoms with Crippen LogP contribution < -0.4 is 0 Å². The van der Waals surface area contributed by atoms with Crippen molar-refractivity contribution in [2.45, 2.75) is 274 Å². The molecule has 5 saturated carbocycles. The fourth-order valence-corrected chi connectivity index (χ4v) is 11.3. The molecule has 0 unspecified atom stereocenters. The van der Waals surface area contributed by atoms with Crippen LogP contribution in [0.5, 0.6) is 0 Å². The summed E-state index contributed by atoms with van der Waals surface area (Å²) in [5.41, 5.74) is 0. The van der Waals surface area contributed by atoms with Crippen molar-refractivity contribution in [3.8, 4) is 0 Å². The third kappa shape index (κ3) is 12.4. The average Bonchev–Trinajstić information content (AvgIpc) is 3.14. The molecule has 262 valence electrons. The molecule has 2 nitrogen and oxygen atoms in total. The maximum Gasteiger partial charge on any atom is 0.0101 e. The highest BCUT2D eigenvalue weighted by atomic mass is 15.2. The van der Waals surface area contributed by atoms with Crippen LogP contribution in [0.25, 0.3) is 0 Å². The molecule has 0 N–H and O–H groups in total. The third-order valence-corrected chi connectivity index (χ3v) is 13.7. The minimum atomic E-state index is 0.876. The van der Waals surface area contributed by atoms with E-state index in [1.165, 1.54) is 238 Å². The fourth-order valence-electron chi connectivity index (χ4n) is 11.3. The molecule has 0 aliphatic heterocycles. The van der Waals surface area contributed by atoms with E-state index in [9.17, 15) is 0 Å². The predicted molar refractivity (Wildman–Crippen MR) is 197 cm³/mol. The normalized spacial score (nSPS) is 30.5. The van der Waals surface area contributed by atoms with Crippen LogP contribution >= 0.6 is 0 Å². The van der Waals surface area contributed by atoms with Crippen LogP contribution in [0.15, 0.2) is 0 Å². The van der Waals surface area contributed by atoms with Crippen molar-refractivity contribution in [1.29, 1.82) is 0 Å². The molecule has 0 aromatic rings. The Kier molecular flexibility index (Phi) is 17.5. The zero-order valence-corrected chi connectivity index (χ0v) is 30.5. The molecule has 0 amide bonds. The zero-order valence-electron chi connectivity index (χ0n) is 30.5. The van der Waals surface area contributed by atoms with Crippen molar-refractivity contribution in [2.75, 3.05) is 0 Å². The van der Waals surface area contributed by atoms with Crippen molar-refractivity contribution < 1.29 is 0 Å². The molecule has 0 atom stereocenters. The molecule has 2 heteroatoms. The molecule has 0 radical (unpaired) electrons. The summed E-state index contributed by atoms with van der Waals surface area (Å²) in [4.78, 5) is 6.60.